The maximum Gasteiger partial charge on any atom is 0.265 e. The van der Waals surface area contributed by atoms with Crippen molar-refractivity contribution in [2.24, 2.45) is 0 Å². The molecule has 0 aliphatic carbocycles. The predicted octanol–water partition coefficient (Wildman–Crippen LogP) is 4.25. The largest absolute Gasteiger partial charge is 0.473 e. The van der Waals surface area contributed by atoms with E-state index in [1.54, 1.807) is 18.3 Å². The molecule has 0 saturated carbocycles. The molecule has 0 unspecified atom stereocenters. The van der Waals surface area contributed by atoms with E-state index in [0.717, 1.165) is 9.35 Å². The van der Waals surface area contributed by atoms with Crippen LogP contribution < -0.4 is 10.1 Å². The highest BCUT2D eigenvalue weighted by molar-refractivity contribution is 9.11. The number of nitrogens with zero attached hydrogens (tertiary/aromatic N) is 1. The van der Waals surface area contributed by atoms with Crippen LogP contribution in [0.3, 0.4) is 0 Å². The fourth-order valence-electron chi connectivity index (χ4n) is 1.56. The van der Waals surface area contributed by atoms with Gasteiger partial charge in [-0.1, -0.05) is 0 Å². The van der Waals surface area contributed by atoms with Gasteiger partial charge in [-0.15, -0.1) is 11.3 Å². The third-order valence-corrected chi connectivity index (χ3v) is 4.58. The minimum Gasteiger partial charge on any atom is -0.473 e. The van der Waals surface area contributed by atoms with Gasteiger partial charge in [-0.3, -0.25) is 4.79 Å². The average molecular weight is 355 g/mol. The summed E-state index contributed by atoms with van der Waals surface area (Å²) in [7, 11) is 0. The summed E-state index contributed by atoms with van der Waals surface area (Å²) in [5.74, 6) is 0.272. The van der Waals surface area contributed by atoms with Gasteiger partial charge < -0.3 is 10.1 Å². The van der Waals surface area contributed by atoms with E-state index >= 15 is 0 Å². The van der Waals surface area contributed by atoms with Crippen LogP contribution in [-0.4, -0.2) is 17.0 Å². The Morgan fingerprint density at radius 1 is 1.50 bits per heavy atom. The molecule has 1 N–H and O–H groups in total. The number of thiophene rings is 1. The molecule has 2 aromatic heterocycles. The van der Waals surface area contributed by atoms with E-state index in [2.05, 4.69) is 26.2 Å². The van der Waals surface area contributed by atoms with Gasteiger partial charge in [0.1, 0.15) is 5.69 Å². The van der Waals surface area contributed by atoms with E-state index in [1.165, 1.54) is 11.3 Å². The number of aryl methyl sites for hydroxylation is 1. The van der Waals surface area contributed by atoms with Crippen molar-refractivity contribution >= 4 is 38.9 Å². The quantitative estimate of drug-likeness (QED) is 0.892. The third kappa shape index (κ3) is 3.58. The lowest BCUT2D eigenvalue weighted by Crippen LogP contribution is -2.14. The van der Waals surface area contributed by atoms with E-state index in [0.29, 0.717) is 16.4 Å². The molecule has 0 aliphatic rings. The van der Waals surface area contributed by atoms with Gasteiger partial charge in [-0.25, -0.2) is 4.98 Å². The number of halogens is 1. The molecule has 0 bridgehead atoms. The Hall–Kier alpha value is -1.40. The number of hydrogen-bond acceptors (Lipinski definition) is 4. The summed E-state index contributed by atoms with van der Waals surface area (Å²) in [6, 6.07) is 5.39. The minimum atomic E-state index is -0.162. The van der Waals surface area contributed by atoms with Crippen LogP contribution in [-0.2, 0) is 0 Å². The molecule has 0 saturated heterocycles. The first-order valence-corrected chi connectivity index (χ1v) is 7.77. The van der Waals surface area contributed by atoms with Gasteiger partial charge in [0.25, 0.3) is 5.91 Å². The zero-order chi connectivity index (χ0) is 14.7. The van der Waals surface area contributed by atoms with E-state index in [4.69, 9.17) is 4.74 Å². The number of amides is 1. The van der Waals surface area contributed by atoms with E-state index in [1.807, 2.05) is 26.8 Å². The van der Waals surface area contributed by atoms with Crippen molar-refractivity contribution in [3.05, 3.63) is 38.6 Å². The standard InChI is InChI=1S/C14H15BrN2O2S/c1-8(2)19-14-10(5-4-6-16-14)17-13(18)11-7-9(3)12(15)20-11/h4-8H,1-3H3,(H,17,18). The number of ether oxygens (including phenoxy) is 1. The Morgan fingerprint density at radius 2 is 2.25 bits per heavy atom. The van der Waals surface area contributed by atoms with Crippen molar-refractivity contribution in [3.8, 4) is 5.88 Å². The minimum absolute atomic E-state index is 0.00122. The van der Waals surface area contributed by atoms with Crippen LogP contribution in [0.5, 0.6) is 5.88 Å². The molecule has 2 heterocycles. The molecule has 20 heavy (non-hydrogen) atoms. The number of hydrogen-bond donors (Lipinski definition) is 1. The second kappa shape index (κ2) is 6.37. The van der Waals surface area contributed by atoms with Crippen LogP contribution in [0.1, 0.15) is 29.1 Å². The number of pyridine rings is 1. The molecule has 4 nitrogen and oxygen atoms in total. The van der Waals surface area contributed by atoms with Crippen molar-refractivity contribution in [2.45, 2.75) is 26.9 Å². The third-order valence-electron chi connectivity index (χ3n) is 2.45. The summed E-state index contributed by atoms with van der Waals surface area (Å²) in [4.78, 5) is 17.0. The number of rotatable bonds is 4. The van der Waals surface area contributed by atoms with E-state index in [9.17, 15) is 4.79 Å². The monoisotopic (exact) mass is 354 g/mol. The molecular formula is C14H15BrN2O2S. The van der Waals surface area contributed by atoms with Crippen LogP contribution in [0.4, 0.5) is 5.69 Å². The molecular weight excluding hydrogens is 340 g/mol. The van der Waals surface area contributed by atoms with Crippen molar-refractivity contribution in [1.82, 2.24) is 4.98 Å². The van der Waals surface area contributed by atoms with Crippen molar-refractivity contribution in [2.75, 3.05) is 5.32 Å². The maximum absolute atomic E-state index is 12.2. The van der Waals surface area contributed by atoms with Gasteiger partial charge in [-0.05, 0) is 60.5 Å². The molecule has 0 radical (unpaired) electrons. The van der Waals surface area contributed by atoms with Gasteiger partial charge in [-0.2, -0.15) is 0 Å². The molecule has 0 aromatic carbocycles. The Morgan fingerprint density at radius 3 is 2.85 bits per heavy atom. The molecule has 6 heteroatoms. The Labute approximate surface area is 130 Å². The van der Waals surface area contributed by atoms with Crippen LogP contribution in [0.2, 0.25) is 0 Å². The molecule has 1 amide bonds. The van der Waals surface area contributed by atoms with Crippen LogP contribution in [0.15, 0.2) is 28.2 Å². The van der Waals surface area contributed by atoms with Gasteiger partial charge in [0.2, 0.25) is 5.88 Å². The smallest absolute Gasteiger partial charge is 0.265 e. The first-order chi connectivity index (χ1) is 9.47. The lowest BCUT2D eigenvalue weighted by Gasteiger charge is -2.12. The number of carbonyl (C=O) groups is 1. The van der Waals surface area contributed by atoms with Gasteiger partial charge in [0, 0.05) is 6.20 Å². The second-order valence-electron chi connectivity index (χ2n) is 4.54. The molecule has 0 fully saturated rings. The second-order valence-corrected chi connectivity index (χ2v) is 6.91. The highest BCUT2D eigenvalue weighted by atomic mass is 79.9. The number of nitrogens with one attached hydrogen (secondary N) is 1. The van der Waals surface area contributed by atoms with E-state index < -0.39 is 0 Å². The fraction of sp³-hybridized carbons (Fsp3) is 0.286. The number of aromatic nitrogens is 1. The summed E-state index contributed by atoms with van der Waals surface area (Å²) in [5, 5.41) is 2.84. The zero-order valence-corrected chi connectivity index (χ0v) is 13.8. The van der Waals surface area contributed by atoms with Gasteiger partial charge in [0.15, 0.2) is 0 Å². The predicted molar refractivity (Wildman–Crippen MR) is 84.7 cm³/mol. The molecule has 0 atom stereocenters. The first kappa shape index (κ1) is 15.0. The van der Waals surface area contributed by atoms with E-state index in [-0.39, 0.29) is 12.0 Å². The average Bonchev–Trinajstić information content (AvgIpc) is 2.71. The Balaban J connectivity index is 2.19. The Kier molecular flexibility index (Phi) is 4.77. The highest BCUT2D eigenvalue weighted by Crippen LogP contribution is 2.29. The summed E-state index contributed by atoms with van der Waals surface area (Å²) in [5.41, 5.74) is 1.62. The lowest BCUT2D eigenvalue weighted by atomic mass is 10.3. The Bertz CT molecular complexity index is 606. The van der Waals surface area contributed by atoms with Gasteiger partial charge in [0.05, 0.1) is 14.8 Å². The fourth-order valence-corrected chi connectivity index (χ4v) is 2.99. The van der Waals surface area contributed by atoms with Crippen LogP contribution in [0, 0.1) is 6.92 Å². The van der Waals surface area contributed by atoms with Crippen molar-refractivity contribution in [3.63, 3.8) is 0 Å². The van der Waals surface area contributed by atoms with Crippen molar-refractivity contribution < 1.29 is 9.53 Å². The number of anilines is 1. The first-order valence-electron chi connectivity index (χ1n) is 6.16. The zero-order valence-electron chi connectivity index (χ0n) is 11.4. The van der Waals surface area contributed by atoms with Crippen molar-refractivity contribution in [1.29, 1.82) is 0 Å². The summed E-state index contributed by atoms with van der Waals surface area (Å²) in [6.45, 7) is 5.79. The normalized spacial score (nSPS) is 10.7. The summed E-state index contributed by atoms with van der Waals surface area (Å²) in [6.07, 6.45) is 1.64. The molecule has 0 spiro atoms. The SMILES string of the molecule is Cc1cc(C(=O)Nc2cccnc2OC(C)C)sc1Br. The van der Waals surface area contributed by atoms with Gasteiger partial charge >= 0.3 is 0 Å². The summed E-state index contributed by atoms with van der Waals surface area (Å²) < 4.78 is 6.54. The highest BCUT2D eigenvalue weighted by Gasteiger charge is 2.14. The van der Waals surface area contributed by atoms with Crippen LogP contribution >= 0.6 is 27.3 Å². The maximum atomic E-state index is 12.2. The van der Waals surface area contributed by atoms with Crippen LogP contribution in [0.25, 0.3) is 0 Å². The molecule has 2 aromatic rings. The molecule has 106 valence electrons. The summed E-state index contributed by atoms with van der Waals surface area (Å²) >= 11 is 4.82. The molecule has 0 aliphatic heterocycles. The topological polar surface area (TPSA) is 51.2 Å². The number of carbonyl (C=O) groups excluding carboxylic acids is 1. The lowest BCUT2D eigenvalue weighted by molar-refractivity contribution is 0.102. The molecule has 2 rings (SSSR count).